The number of aryl methyl sites for hydroxylation is 2. The highest BCUT2D eigenvalue weighted by atomic mass is 19.1. The minimum absolute atomic E-state index is 0.118. The highest BCUT2D eigenvalue weighted by Gasteiger charge is 2.35. The highest BCUT2D eigenvalue weighted by Crippen LogP contribution is 2.36. The van der Waals surface area contributed by atoms with E-state index in [0.717, 1.165) is 56.6 Å². The summed E-state index contributed by atoms with van der Waals surface area (Å²) >= 11 is 0. The van der Waals surface area contributed by atoms with Crippen LogP contribution in [0.25, 0.3) is 0 Å². The Balaban J connectivity index is 1.49. The quantitative estimate of drug-likeness (QED) is 0.619. The molecule has 1 fully saturated rings. The van der Waals surface area contributed by atoms with E-state index in [1.165, 1.54) is 24.3 Å². The topological polar surface area (TPSA) is 76.6 Å². The van der Waals surface area contributed by atoms with Crippen molar-refractivity contribution in [3.8, 4) is 5.88 Å². The molecule has 4 rings (SSSR count). The first-order valence-electron chi connectivity index (χ1n) is 12.6. The fourth-order valence-electron chi connectivity index (χ4n) is 5.31. The van der Waals surface area contributed by atoms with Crippen molar-refractivity contribution in [1.29, 1.82) is 0 Å². The third kappa shape index (κ3) is 5.42. The Morgan fingerprint density at radius 3 is 2.80 bits per heavy atom. The highest BCUT2D eigenvalue weighted by molar-refractivity contribution is 5.83. The van der Waals surface area contributed by atoms with Gasteiger partial charge < -0.3 is 19.7 Å². The van der Waals surface area contributed by atoms with Gasteiger partial charge in [-0.25, -0.2) is 14.4 Å². The third-order valence-corrected chi connectivity index (χ3v) is 7.50. The van der Waals surface area contributed by atoms with Gasteiger partial charge in [-0.1, -0.05) is 6.07 Å². The predicted octanol–water partition coefficient (Wildman–Crippen LogP) is 4.60. The van der Waals surface area contributed by atoms with Gasteiger partial charge in [-0.05, 0) is 70.4 Å². The Morgan fingerprint density at radius 2 is 2.11 bits per heavy atom. The average molecular weight is 485 g/mol. The standard InChI is InChI=1S/C27H37FN4O3/c1-6-32(26(33)17(2)21-14-24(34-5)29-15-23(21)28)16-27(4)10-7-20-13-22(18(3)30-25(20)31-27)19-8-11-35-12-9-19/h13-15,17,19H,6-12,16H2,1-5H3,(H,30,31)/t17-,27-/m1/s1. The summed E-state index contributed by atoms with van der Waals surface area (Å²) in [4.78, 5) is 24.0. The van der Waals surface area contributed by atoms with Crippen LogP contribution in [0.2, 0.25) is 0 Å². The molecule has 4 heterocycles. The van der Waals surface area contributed by atoms with E-state index in [-0.39, 0.29) is 11.4 Å². The summed E-state index contributed by atoms with van der Waals surface area (Å²) in [7, 11) is 1.48. The van der Waals surface area contributed by atoms with Gasteiger partial charge in [0.05, 0.1) is 24.8 Å². The molecule has 8 heteroatoms. The maximum Gasteiger partial charge on any atom is 0.230 e. The Kier molecular flexibility index (Phi) is 7.59. The second-order valence-electron chi connectivity index (χ2n) is 10.1. The summed E-state index contributed by atoms with van der Waals surface area (Å²) < 4.78 is 25.1. The lowest BCUT2D eigenvalue weighted by molar-refractivity contribution is -0.133. The number of rotatable bonds is 7. The largest absolute Gasteiger partial charge is 0.481 e. The number of pyridine rings is 2. The number of ether oxygens (including phenoxy) is 2. The number of carbonyl (C=O) groups is 1. The van der Waals surface area contributed by atoms with Gasteiger partial charge in [0.2, 0.25) is 11.8 Å². The average Bonchev–Trinajstić information content (AvgIpc) is 2.87. The van der Waals surface area contributed by atoms with E-state index >= 15 is 0 Å². The van der Waals surface area contributed by atoms with Crippen LogP contribution >= 0.6 is 0 Å². The number of amides is 1. The van der Waals surface area contributed by atoms with Gasteiger partial charge in [-0.15, -0.1) is 0 Å². The second kappa shape index (κ2) is 10.5. The number of carbonyl (C=O) groups excluding carboxylic acids is 1. The SMILES string of the molecule is CCN(C[C@@]1(C)CCc2cc(C3CCOCC3)c(C)nc2N1)C(=O)[C@H](C)c1cc(OC)ncc1F. The molecular weight excluding hydrogens is 447 g/mol. The van der Waals surface area contributed by atoms with E-state index in [1.807, 2.05) is 6.92 Å². The van der Waals surface area contributed by atoms with E-state index in [2.05, 4.69) is 30.2 Å². The van der Waals surface area contributed by atoms with E-state index in [9.17, 15) is 9.18 Å². The number of nitrogens with zero attached hydrogens (tertiary/aromatic N) is 3. The zero-order valence-corrected chi connectivity index (χ0v) is 21.5. The summed E-state index contributed by atoms with van der Waals surface area (Å²) in [5.74, 6) is 0.452. The molecule has 0 spiro atoms. The Bertz CT molecular complexity index is 1070. The molecule has 0 unspecified atom stereocenters. The van der Waals surface area contributed by atoms with Crippen LogP contribution < -0.4 is 10.1 Å². The normalized spacial score (nSPS) is 21.1. The molecule has 35 heavy (non-hydrogen) atoms. The van der Waals surface area contributed by atoms with Crippen LogP contribution in [-0.2, 0) is 16.0 Å². The number of fused-ring (bicyclic) bond motifs is 1. The van der Waals surface area contributed by atoms with Crippen LogP contribution in [0.15, 0.2) is 18.3 Å². The summed E-state index contributed by atoms with van der Waals surface area (Å²) in [6.07, 6.45) is 4.98. The predicted molar refractivity (Wildman–Crippen MR) is 134 cm³/mol. The lowest BCUT2D eigenvalue weighted by Crippen LogP contribution is -2.51. The molecule has 2 atom stereocenters. The molecule has 2 aromatic heterocycles. The van der Waals surface area contributed by atoms with E-state index in [0.29, 0.717) is 30.5 Å². The first kappa shape index (κ1) is 25.4. The molecule has 1 N–H and O–H groups in total. The number of nitrogens with one attached hydrogen (secondary N) is 1. The lowest BCUT2D eigenvalue weighted by atomic mass is 9.85. The smallest absolute Gasteiger partial charge is 0.230 e. The molecule has 0 radical (unpaired) electrons. The molecular formula is C27H37FN4O3. The van der Waals surface area contributed by atoms with Crippen molar-refractivity contribution in [3.05, 3.63) is 46.5 Å². The Morgan fingerprint density at radius 1 is 1.37 bits per heavy atom. The molecule has 0 aliphatic carbocycles. The summed E-state index contributed by atoms with van der Waals surface area (Å²) in [6, 6.07) is 3.83. The number of halogens is 1. The van der Waals surface area contributed by atoms with Gasteiger partial charge in [0.25, 0.3) is 0 Å². The van der Waals surface area contributed by atoms with Gasteiger partial charge in [0.15, 0.2) is 0 Å². The van der Waals surface area contributed by atoms with E-state index in [1.54, 1.807) is 11.8 Å². The number of hydrogen-bond acceptors (Lipinski definition) is 6. The van der Waals surface area contributed by atoms with Crippen molar-refractivity contribution in [2.75, 3.05) is 38.7 Å². The van der Waals surface area contributed by atoms with Gasteiger partial charge in [-0.2, -0.15) is 0 Å². The molecule has 190 valence electrons. The minimum atomic E-state index is -0.645. The molecule has 2 aliphatic heterocycles. The van der Waals surface area contributed by atoms with Crippen LogP contribution in [0.4, 0.5) is 10.2 Å². The molecule has 2 aromatic rings. The first-order valence-corrected chi connectivity index (χ1v) is 12.6. The van der Waals surface area contributed by atoms with Gasteiger partial charge >= 0.3 is 0 Å². The molecule has 0 aromatic carbocycles. The van der Waals surface area contributed by atoms with Crippen molar-refractivity contribution in [1.82, 2.24) is 14.9 Å². The van der Waals surface area contributed by atoms with Crippen molar-refractivity contribution in [2.24, 2.45) is 0 Å². The van der Waals surface area contributed by atoms with Crippen LogP contribution in [-0.4, -0.2) is 59.7 Å². The summed E-state index contributed by atoms with van der Waals surface area (Å²) in [5.41, 5.74) is 3.61. The molecule has 2 aliphatic rings. The first-order chi connectivity index (χ1) is 16.7. The summed E-state index contributed by atoms with van der Waals surface area (Å²) in [5, 5.41) is 3.64. The fourth-order valence-corrected chi connectivity index (χ4v) is 5.31. The third-order valence-electron chi connectivity index (χ3n) is 7.50. The molecule has 7 nitrogen and oxygen atoms in total. The Labute approximate surface area is 207 Å². The van der Waals surface area contributed by atoms with E-state index in [4.69, 9.17) is 14.5 Å². The van der Waals surface area contributed by atoms with Crippen molar-refractivity contribution < 1.29 is 18.7 Å². The molecule has 1 amide bonds. The van der Waals surface area contributed by atoms with Crippen LogP contribution in [0.1, 0.15) is 74.3 Å². The van der Waals surface area contributed by atoms with Gasteiger partial charge in [0.1, 0.15) is 11.6 Å². The Hall–Kier alpha value is -2.74. The molecule has 1 saturated heterocycles. The van der Waals surface area contributed by atoms with Crippen molar-refractivity contribution >= 4 is 11.7 Å². The lowest BCUT2D eigenvalue weighted by Gasteiger charge is -2.41. The van der Waals surface area contributed by atoms with Crippen molar-refractivity contribution in [2.45, 2.75) is 70.8 Å². The maximum atomic E-state index is 14.5. The van der Waals surface area contributed by atoms with Crippen molar-refractivity contribution in [3.63, 3.8) is 0 Å². The van der Waals surface area contributed by atoms with Crippen LogP contribution in [0.5, 0.6) is 5.88 Å². The minimum Gasteiger partial charge on any atom is -0.481 e. The van der Waals surface area contributed by atoms with Gasteiger partial charge in [0, 0.05) is 43.6 Å². The number of likely N-dealkylation sites (N-methyl/N-ethyl adjacent to an activating group) is 1. The van der Waals surface area contributed by atoms with Crippen LogP contribution in [0.3, 0.4) is 0 Å². The number of methoxy groups -OCH3 is 1. The monoisotopic (exact) mass is 484 g/mol. The van der Waals surface area contributed by atoms with Crippen LogP contribution in [0, 0.1) is 12.7 Å². The zero-order chi connectivity index (χ0) is 25.2. The number of aromatic nitrogens is 2. The second-order valence-corrected chi connectivity index (χ2v) is 10.1. The molecule has 0 saturated carbocycles. The van der Waals surface area contributed by atoms with E-state index < -0.39 is 11.7 Å². The number of hydrogen-bond donors (Lipinski definition) is 1. The maximum absolute atomic E-state index is 14.5. The fraction of sp³-hybridized carbons (Fsp3) is 0.593. The summed E-state index contributed by atoms with van der Waals surface area (Å²) in [6.45, 7) is 10.6. The molecule has 0 bridgehead atoms. The number of anilines is 1. The zero-order valence-electron chi connectivity index (χ0n) is 21.5. The van der Waals surface area contributed by atoms with Gasteiger partial charge in [-0.3, -0.25) is 4.79 Å².